The molecule has 0 aliphatic carbocycles. The van der Waals surface area contributed by atoms with Crippen molar-refractivity contribution in [2.45, 2.75) is 25.3 Å². The molecule has 6 heteroatoms. The summed E-state index contributed by atoms with van der Waals surface area (Å²) in [7, 11) is 2.18. The minimum atomic E-state index is 0.592. The molecule has 1 fully saturated rings. The summed E-state index contributed by atoms with van der Waals surface area (Å²) in [5.41, 5.74) is 3.13. The van der Waals surface area contributed by atoms with Crippen molar-refractivity contribution in [1.29, 1.82) is 5.26 Å². The van der Waals surface area contributed by atoms with Crippen LogP contribution in [0.4, 0.5) is 0 Å². The number of imidazole rings is 1. The average Bonchev–Trinajstić information content (AvgIpc) is 3.28. The number of likely N-dealkylation sites (tertiary alicyclic amines) is 1. The molecular formula is C20H21N5O. The van der Waals surface area contributed by atoms with Crippen molar-refractivity contribution >= 4 is 5.65 Å². The molecule has 0 radical (unpaired) electrons. The summed E-state index contributed by atoms with van der Waals surface area (Å²) in [6.07, 6.45) is 5.30. The van der Waals surface area contributed by atoms with Gasteiger partial charge in [-0.25, -0.2) is 9.50 Å². The Kier molecular flexibility index (Phi) is 4.55. The standard InChI is InChI=1S/C20H21N5O/c1-24-10-3-6-17(24)9-11-26-20-8-7-19-22-14-18(25(19)23-20)16-5-2-4-15(12-16)13-21/h2,4-5,7-8,12,14,17H,3,6,9-11H2,1H3. The highest BCUT2D eigenvalue weighted by Gasteiger charge is 2.20. The molecular weight excluding hydrogens is 326 g/mol. The Hall–Kier alpha value is -2.91. The number of hydrogen-bond acceptors (Lipinski definition) is 5. The third kappa shape index (κ3) is 3.26. The van der Waals surface area contributed by atoms with Crippen molar-refractivity contribution in [3.05, 3.63) is 48.2 Å². The first-order chi connectivity index (χ1) is 12.7. The van der Waals surface area contributed by atoms with Gasteiger partial charge in [-0.15, -0.1) is 5.10 Å². The van der Waals surface area contributed by atoms with E-state index >= 15 is 0 Å². The molecule has 6 nitrogen and oxygen atoms in total. The van der Waals surface area contributed by atoms with Crippen LogP contribution in [0, 0.1) is 11.3 Å². The lowest BCUT2D eigenvalue weighted by Crippen LogP contribution is -2.26. The number of nitrogens with zero attached hydrogens (tertiary/aromatic N) is 5. The van der Waals surface area contributed by atoms with E-state index in [0.717, 1.165) is 23.3 Å². The van der Waals surface area contributed by atoms with Crippen molar-refractivity contribution < 1.29 is 4.74 Å². The SMILES string of the molecule is CN1CCCC1CCOc1ccc2ncc(-c3cccc(C#N)c3)n2n1. The van der Waals surface area contributed by atoms with Gasteiger partial charge in [0.25, 0.3) is 0 Å². The largest absolute Gasteiger partial charge is 0.477 e. The molecule has 4 rings (SSSR count). The molecule has 3 heterocycles. The predicted molar refractivity (Wildman–Crippen MR) is 98.9 cm³/mol. The Bertz CT molecular complexity index is 958. The molecule has 1 unspecified atom stereocenters. The van der Waals surface area contributed by atoms with E-state index in [0.29, 0.717) is 24.1 Å². The maximum Gasteiger partial charge on any atom is 0.231 e. The second-order valence-electron chi connectivity index (χ2n) is 6.69. The van der Waals surface area contributed by atoms with Gasteiger partial charge in [-0.05, 0) is 51.1 Å². The van der Waals surface area contributed by atoms with Gasteiger partial charge >= 0.3 is 0 Å². The molecule has 2 aromatic heterocycles. The Labute approximate surface area is 152 Å². The average molecular weight is 347 g/mol. The summed E-state index contributed by atoms with van der Waals surface area (Å²) in [6.45, 7) is 1.83. The van der Waals surface area contributed by atoms with Gasteiger partial charge < -0.3 is 9.64 Å². The highest BCUT2D eigenvalue weighted by molar-refractivity contribution is 5.64. The quantitative estimate of drug-likeness (QED) is 0.709. The minimum Gasteiger partial charge on any atom is -0.477 e. The van der Waals surface area contributed by atoms with E-state index in [4.69, 9.17) is 10.00 Å². The van der Waals surface area contributed by atoms with Gasteiger partial charge in [0, 0.05) is 17.7 Å². The molecule has 0 bridgehead atoms. The zero-order chi connectivity index (χ0) is 17.9. The summed E-state index contributed by atoms with van der Waals surface area (Å²) in [6, 6.07) is 14.0. The molecule has 1 aliphatic heterocycles. The van der Waals surface area contributed by atoms with Crippen molar-refractivity contribution in [2.75, 3.05) is 20.2 Å². The third-order valence-electron chi connectivity index (χ3n) is 5.00. The second kappa shape index (κ2) is 7.14. The summed E-state index contributed by atoms with van der Waals surface area (Å²) >= 11 is 0. The van der Waals surface area contributed by atoms with E-state index in [1.165, 1.54) is 19.4 Å². The summed E-state index contributed by atoms with van der Waals surface area (Å²) in [4.78, 5) is 6.80. The lowest BCUT2D eigenvalue weighted by Gasteiger charge is -2.19. The van der Waals surface area contributed by atoms with E-state index in [9.17, 15) is 0 Å². The fraction of sp³-hybridized carbons (Fsp3) is 0.350. The highest BCUT2D eigenvalue weighted by Crippen LogP contribution is 2.23. The van der Waals surface area contributed by atoms with Gasteiger partial charge in [0.2, 0.25) is 5.88 Å². The van der Waals surface area contributed by atoms with E-state index in [1.807, 2.05) is 30.3 Å². The Morgan fingerprint density at radius 2 is 2.23 bits per heavy atom. The van der Waals surface area contributed by atoms with E-state index < -0.39 is 0 Å². The maximum atomic E-state index is 9.11. The van der Waals surface area contributed by atoms with Gasteiger partial charge in [-0.1, -0.05) is 12.1 Å². The maximum absolute atomic E-state index is 9.11. The molecule has 1 aromatic carbocycles. The van der Waals surface area contributed by atoms with Crippen LogP contribution in [0.1, 0.15) is 24.8 Å². The van der Waals surface area contributed by atoms with Crippen LogP contribution in [0.3, 0.4) is 0 Å². The lowest BCUT2D eigenvalue weighted by atomic mass is 10.1. The van der Waals surface area contributed by atoms with Crippen LogP contribution in [0.25, 0.3) is 16.9 Å². The monoisotopic (exact) mass is 347 g/mol. The summed E-state index contributed by atoms with van der Waals surface area (Å²) in [5, 5.41) is 13.7. The van der Waals surface area contributed by atoms with Crippen molar-refractivity contribution in [3.8, 4) is 23.2 Å². The molecule has 26 heavy (non-hydrogen) atoms. The number of ether oxygens (including phenoxy) is 1. The first-order valence-corrected chi connectivity index (χ1v) is 8.93. The van der Waals surface area contributed by atoms with E-state index in [2.05, 4.69) is 28.1 Å². The van der Waals surface area contributed by atoms with Crippen molar-refractivity contribution in [3.63, 3.8) is 0 Å². The van der Waals surface area contributed by atoms with Crippen LogP contribution in [0.2, 0.25) is 0 Å². The fourth-order valence-electron chi connectivity index (χ4n) is 3.52. The van der Waals surface area contributed by atoms with Gasteiger partial charge in [0.15, 0.2) is 5.65 Å². The Balaban J connectivity index is 1.53. The minimum absolute atomic E-state index is 0.592. The molecule has 3 aromatic rings. The van der Waals surface area contributed by atoms with Crippen LogP contribution in [-0.2, 0) is 0 Å². The number of fused-ring (bicyclic) bond motifs is 1. The molecule has 0 amide bonds. The lowest BCUT2D eigenvalue weighted by molar-refractivity contribution is 0.227. The highest BCUT2D eigenvalue weighted by atomic mass is 16.5. The number of benzene rings is 1. The molecule has 132 valence electrons. The summed E-state index contributed by atoms with van der Waals surface area (Å²) in [5.74, 6) is 0.592. The van der Waals surface area contributed by atoms with Crippen LogP contribution in [-0.4, -0.2) is 45.7 Å². The molecule has 0 N–H and O–H groups in total. The summed E-state index contributed by atoms with van der Waals surface area (Å²) < 4.78 is 7.66. The zero-order valence-electron chi connectivity index (χ0n) is 14.8. The van der Waals surface area contributed by atoms with Crippen molar-refractivity contribution in [1.82, 2.24) is 19.5 Å². The molecule has 1 aliphatic rings. The molecule has 0 saturated carbocycles. The number of hydrogen-bond donors (Lipinski definition) is 0. The van der Waals surface area contributed by atoms with E-state index in [1.54, 1.807) is 16.8 Å². The first kappa shape index (κ1) is 16.6. The zero-order valence-corrected chi connectivity index (χ0v) is 14.8. The second-order valence-corrected chi connectivity index (χ2v) is 6.69. The van der Waals surface area contributed by atoms with Gasteiger partial charge in [0.05, 0.1) is 30.1 Å². The first-order valence-electron chi connectivity index (χ1n) is 8.93. The van der Waals surface area contributed by atoms with Crippen LogP contribution >= 0.6 is 0 Å². The predicted octanol–water partition coefficient (Wildman–Crippen LogP) is 3.13. The molecule has 1 saturated heterocycles. The third-order valence-corrected chi connectivity index (χ3v) is 5.00. The Morgan fingerprint density at radius 1 is 1.31 bits per heavy atom. The van der Waals surface area contributed by atoms with Crippen molar-refractivity contribution in [2.24, 2.45) is 0 Å². The normalized spacial score (nSPS) is 17.5. The fourth-order valence-corrected chi connectivity index (χ4v) is 3.52. The molecule has 1 atom stereocenters. The van der Waals surface area contributed by atoms with E-state index in [-0.39, 0.29) is 0 Å². The van der Waals surface area contributed by atoms with Gasteiger partial charge in [0.1, 0.15) is 0 Å². The van der Waals surface area contributed by atoms with Crippen LogP contribution in [0.5, 0.6) is 5.88 Å². The molecule has 0 spiro atoms. The Morgan fingerprint density at radius 3 is 3.04 bits per heavy atom. The van der Waals surface area contributed by atoms with Gasteiger partial charge in [-0.3, -0.25) is 0 Å². The smallest absolute Gasteiger partial charge is 0.231 e. The van der Waals surface area contributed by atoms with Gasteiger partial charge in [-0.2, -0.15) is 5.26 Å². The topological polar surface area (TPSA) is 66.5 Å². The van der Waals surface area contributed by atoms with Crippen LogP contribution in [0.15, 0.2) is 42.6 Å². The number of aromatic nitrogens is 3. The van der Waals surface area contributed by atoms with Crippen LogP contribution < -0.4 is 4.74 Å². The number of rotatable bonds is 5. The number of nitriles is 1.